The van der Waals surface area contributed by atoms with E-state index in [2.05, 4.69) is 27.7 Å². The third-order valence-corrected chi connectivity index (χ3v) is 4.12. The quantitative estimate of drug-likeness (QED) is 0.860. The normalized spacial score (nSPS) is 18.4. The average molecular weight is 318 g/mol. The van der Waals surface area contributed by atoms with E-state index in [9.17, 15) is 9.59 Å². The molecule has 0 spiro atoms. The van der Waals surface area contributed by atoms with Crippen LogP contribution in [0.5, 0.6) is 0 Å². The number of nitrogens with zero attached hydrogens (tertiary/aromatic N) is 2. The number of likely N-dealkylation sites (N-methyl/N-ethyl adjacent to an activating group) is 1. The molecule has 0 radical (unpaired) electrons. The van der Waals surface area contributed by atoms with E-state index >= 15 is 0 Å². The van der Waals surface area contributed by atoms with Crippen molar-refractivity contribution in [2.45, 2.75) is 19.4 Å². The van der Waals surface area contributed by atoms with Gasteiger partial charge in [-0.1, -0.05) is 18.2 Å². The smallest absolute Gasteiger partial charge is 0.315 e. The van der Waals surface area contributed by atoms with Crippen LogP contribution in [0.4, 0.5) is 10.5 Å². The maximum atomic E-state index is 11.9. The molecule has 1 aliphatic rings. The standard InChI is InChI=1S/C17H26N4O2/c1-13(16(22)20(2)3)19-17(23)18-11-14-9-10-21(12-14)15-7-5-4-6-8-15/h4-8,13-14H,9-12H2,1-3H3,(H2,18,19,23)/t13-,14+/m0/s1. The van der Waals surface area contributed by atoms with Crippen LogP contribution in [0.25, 0.3) is 0 Å². The summed E-state index contributed by atoms with van der Waals surface area (Å²) in [7, 11) is 3.35. The van der Waals surface area contributed by atoms with Crippen LogP contribution in [0.15, 0.2) is 30.3 Å². The molecule has 1 aromatic carbocycles. The number of urea groups is 1. The number of para-hydroxylation sites is 1. The molecule has 1 aromatic rings. The number of rotatable bonds is 5. The molecule has 2 atom stereocenters. The van der Waals surface area contributed by atoms with Crippen molar-refractivity contribution in [1.82, 2.24) is 15.5 Å². The van der Waals surface area contributed by atoms with Gasteiger partial charge in [-0.15, -0.1) is 0 Å². The number of hydrogen-bond acceptors (Lipinski definition) is 3. The Balaban J connectivity index is 1.72. The lowest BCUT2D eigenvalue weighted by atomic mass is 10.1. The molecule has 6 heteroatoms. The van der Waals surface area contributed by atoms with Crippen molar-refractivity contribution in [3.05, 3.63) is 30.3 Å². The number of carbonyl (C=O) groups excluding carboxylic acids is 2. The highest BCUT2D eigenvalue weighted by Gasteiger charge is 2.23. The fraction of sp³-hybridized carbons (Fsp3) is 0.529. The molecule has 126 valence electrons. The van der Waals surface area contributed by atoms with Gasteiger partial charge in [0, 0.05) is 39.4 Å². The summed E-state index contributed by atoms with van der Waals surface area (Å²) in [5, 5.41) is 5.55. The molecule has 1 saturated heterocycles. The summed E-state index contributed by atoms with van der Waals surface area (Å²) in [6.07, 6.45) is 1.06. The van der Waals surface area contributed by atoms with E-state index < -0.39 is 6.04 Å². The molecule has 1 aliphatic heterocycles. The van der Waals surface area contributed by atoms with E-state index in [1.165, 1.54) is 10.6 Å². The molecular weight excluding hydrogens is 292 g/mol. The van der Waals surface area contributed by atoms with E-state index in [-0.39, 0.29) is 11.9 Å². The van der Waals surface area contributed by atoms with Gasteiger partial charge in [-0.05, 0) is 31.4 Å². The van der Waals surface area contributed by atoms with E-state index in [1.54, 1.807) is 21.0 Å². The van der Waals surface area contributed by atoms with E-state index in [0.29, 0.717) is 12.5 Å². The van der Waals surface area contributed by atoms with Gasteiger partial charge in [0.1, 0.15) is 6.04 Å². The molecule has 0 saturated carbocycles. The maximum absolute atomic E-state index is 11.9. The van der Waals surface area contributed by atoms with E-state index in [1.807, 2.05) is 18.2 Å². The third-order valence-electron chi connectivity index (χ3n) is 4.12. The summed E-state index contributed by atoms with van der Waals surface area (Å²) in [6, 6.07) is 9.50. The summed E-state index contributed by atoms with van der Waals surface area (Å²) in [6.45, 7) is 4.26. The lowest BCUT2D eigenvalue weighted by molar-refractivity contribution is -0.130. The molecule has 0 unspecified atom stereocenters. The highest BCUT2D eigenvalue weighted by atomic mass is 16.2. The lowest BCUT2D eigenvalue weighted by Gasteiger charge is -2.20. The molecule has 3 amide bonds. The van der Waals surface area contributed by atoms with Crippen LogP contribution in [0, 0.1) is 5.92 Å². The van der Waals surface area contributed by atoms with Crippen molar-refractivity contribution in [1.29, 1.82) is 0 Å². The van der Waals surface area contributed by atoms with Crippen molar-refractivity contribution < 1.29 is 9.59 Å². The second-order valence-corrected chi connectivity index (χ2v) is 6.24. The monoisotopic (exact) mass is 318 g/mol. The number of anilines is 1. The van der Waals surface area contributed by atoms with Gasteiger partial charge in [-0.3, -0.25) is 4.79 Å². The van der Waals surface area contributed by atoms with Crippen LogP contribution < -0.4 is 15.5 Å². The van der Waals surface area contributed by atoms with Gasteiger partial charge in [-0.2, -0.15) is 0 Å². The van der Waals surface area contributed by atoms with Gasteiger partial charge in [0.2, 0.25) is 5.91 Å². The Bertz CT molecular complexity index is 533. The molecule has 1 heterocycles. The topological polar surface area (TPSA) is 64.7 Å². The zero-order valence-corrected chi connectivity index (χ0v) is 14.1. The predicted octanol–water partition coefficient (Wildman–Crippen LogP) is 1.29. The van der Waals surface area contributed by atoms with Crippen molar-refractivity contribution in [3.63, 3.8) is 0 Å². The van der Waals surface area contributed by atoms with E-state index in [4.69, 9.17) is 0 Å². The van der Waals surface area contributed by atoms with Crippen LogP contribution in [0.1, 0.15) is 13.3 Å². The first-order valence-corrected chi connectivity index (χ1v) is 8.03. The highest BCUT2D eigenvalue weighted by Crippen LogP contribution is 2.22. The Labute approximate surface area is 137 Å². The van der Waals surface area contributed by atoms with Gasteiger partial charge in [0.15, 0.2) is 0 Å². The minimum absolute atomic E-state index is 0.115. The number of hydrogen-bond donors (Lipinski definition) is 2. The Morgan fingerprint density at radius 1 is 1.30 bits per heavy atom. The van der Waals surface area contributed by atoms with Gasteiger partial charge >= 0.3 is 6.03 Å². The minimum Gasteiger partial charge on any atom is -0.371 e. The van der Waals surface area contributed by atoms with Crippen molar-refractivity contribution in [3.8, 4) is 0 Å². The van der Waals surface area contributed by atoms with Gasteiger partial charge in [-0.25, -0.2) is 4.79 Å². The Kier molecular flexibility index (Phi) is 5.84. The second kappa shape index (κ2) is 7.85. The third kappa shape index (κ3) is 4.87. The van der Waals surface area contributed by atoms with Crippen LogP contribution >= 0.6 is 0 Å². The first kappa shape index (κ1) is 17.1. The molecule has 2 N–H and O–H groups in total. The molecule has 23 heavy (non-hydrogen) atoms. The first-order chi connectivity index (χ1) is 11.0. The molecule has 1 fully saturated rings. The summed E-state index contributed by atoms with van der Waals surface area (Å²) in [4.78, 5) is 27.4. The maximum Gasteiger partial charge on any atom is 0.315 e. The first-order valence-electron chi connectivity index (χ1n) is 8.03. The van der Waals surface area contributed by atoms with Gasteiger partial charge < -0.3 is 20.4 Å². The predicted molar refractivity (Wildman–Crippen MR) is 91.5 cm³/mol. The zero-order chi connectivity index (χ0) is 16.8. The average Bonchev–Trinajstić information content (AvgIpc) is 3.02. The SMILES string of the molecule is C[C@H](NC(=O)NC[C@H]1CCN(c2ccccc2)C1)C(=O)N(C)C. The highest BCUT2D eigenvalue weighted by molar-refractivity contribution is 5.86. The molecule has 2 rings (SSSR count). The van der Waals surface area contributed by atoms with Crippen LogP contribution in [-0.2, 0) is 4.79 Å². The summed E-state index contributed by atoms with van der Waals surface area (Å²) < 4.78 is 0. The van der Waals surface area contributed by atoms with Crippen LogP contribution in [0.3, 0.4) is 0 Å². The van der Waals surface area contributed by atoms with Crippen LogP contribution in [-0.4, -0.2) is 56.6 Å². The summed E-state index contributed by atoms with van der Waals surface area (Å²) in [5.74, 6) is 0.317. The lowest BCUT2D eigenvalue weighted by Crippen LogP contribution is -2.48. The molecular formula is C17H26N4O2. The second-order valence-electron chi connectivity index (χ2n) is 6.24. The molecule has 0 aromatic heterocycles. The van der Waals surface area contributed by atoms with E-state index in [0.717, 1.165) is 19.5 Å². The Morgan fingerprint density at radius 2 is 2.00 bits per heavy atom. The number of amides is 3. The van der Waals surface area contributed by atoms with Crippen molar-refractivity contribution in [2.75, 3.05) is 38.6 Å². The van der Waals surface area contributed by atoms with Crippen LogP contribution in [0.2, 0.25) is 0 Å². The summed E-state index contributed by atoms with van der Waals surface area (Å²) in [5.41, 5.74) is 1.23. The summed E-state index contributed by atoms with van der Waals surface area (Å²) >= 11 is 0. The van der Waals surface area contributed by atoms with Gasteiger partial charge in [0.25, 0.3) is 0 Å². The number of nitrogens with one attached hydrogen (secondary N) is 2. The number of benzene rings is 1. The fourth-order valence-corrected chi connectivity index (χ4v) is 2.81. The zero-order valence-electron chi connectivity index (χ0n) is 14.1. The minimum atomic E-state index is -0.519. The largest absolute Gasteiger partial charge is 0.371 e. The number of carbonyl (C=O) groups is 2. The van der Waals surface area contributed by atoms with Crippen molar-refractivity contribution >= 4 is 17.6 Å². The van der Waals surface area contributed by atoms with Gasteiger partial charge in [0.05, 0.1) is 0 Å². The Hall–Kier alpha value is -2.24. The molecule has 0 bridgehead atoms. The molecule has 0 aliphatic carbocycles. The molecule has 6 nitrogen and oxygen atoms in total. The van der Waals surface area contributed by atoms with Crippen molar-refractivity contribution in [2.24, 2.45) is 5.92 Å². The fourth-order valence-electron chi connectivity index (χ4n) is 2.81. The Morgan fingerprint density at radius 3 is 2.65 bits per heavy atom.